The summed E-state index contributed by atoms with van der Waals surface area (Å²) in [6.07, 6.45) is 1.86. The lowest BCUT2D eigenvalue weighted by atomic mass is 9.93. The Morgan fingerprint density at radius 1 is 1.47 bits per heavy atom. The third kappa shape index (κ3) is 4.05. The number of rotatable bonds is 5. The van der Waals surface area contributed by atoms with Crippen LogP contribution in [0.3, 0.4) is 0 Å². The van der Waals surface area contributed by atoms with Crippen molar-refractivity contribution in [2.75, 3.05) is 7.11 Å². The molecule has 98 valence electrons. The van der Waals surface area contributed by atoms with Crippen LogP contribution in [-0.4, -0.2) is 24.2 Å². The summed E-state index contributed by atoms with van der Waals surface area (Å²) in [5, 5.41) is 3.24. The summed E-state index contributed by atoms with van der Waals surface area (Å²) in [7, 11) is 1.72. The molecule has 0 aromatic carbocycles. The maximum atomic E-state index is 6.13. The van der Waals surface area contributed by atoms with Crippen LogP contribution in [0.5, 0.6) is 0 Å². The predicted octanol–water partition coefficient (Wildman–Crippen LogP) is 2.74. The van der Waals surface area contributed by atoms with Crippen molar-refractivity contribution < 1.29 is 4.74 Å². The number of aromatic nitrogens is 1. The van der Waals surface area contributed by atoms with Gasteiger partial charge in [0, 0.05) is 30.4 Å². The molecule has 0 amide bonds. The highest BCUT2D eigenvalue weighted by Gasteiger charge is 2.20. The third-order valence-corrected chi connectivity index (χ3v) is 3.78. The standard InChI is InChI=1S/C13H24N2OS/c1-6-10(16-5)9(14)7-12-15-11(8-17-12)13(2,3)4/h8-10H,6-7,14H2,1-5H3. The van der Waals surface area contributed by atoms with Crippen molar-refractivity contribution >= 4 is 11.3 Å². The monoisotopic (exact) mass is 256 g/mol. The van der Waals surface area contributed by atoms with Crippen molar-refractivity contribution in [2.24, 2.45) is 5.73 Å². The molecule has 17 heavy (non-hydrogen) atoms. The van der Waals surface area contributed by atoms with E-state index in [4.69, 9.17) is 10.5 Å². The van der Waals surface area contributed by atoms with Crippen molar-refractivity contribution in [3.8, 4) is 0 Å². The maximum absolute atomic E-state index is 6.13. The molecule has 2 unspecified atom stereocenters. The van der Waals surface area contributed by atoms with Gasteiger partial charge in [0.15, 0.2) is 0 Å². The zero-order valence-corrected chi connectivity index (χ0v) is 12.3. The minimum Gasteiger partial charge on any atom is -0.380 e. The molecule has 0 saturated heterocycles. The van der Waals surface area contributed by atoms with Crippen molar-refractivity contribution in [3.63, 3.8) is 0 Å². The van der Waals surface area contributed by atoms with Gasteiger partial charge in [0.1, 0.15) is 0 Å². The van der Waals surface area contributed by atoms with Crippen molar-refractivity contribution in [2.45, 2.75) is 58.1 Å². The van der Waals surface area contributed by atoms with E-state index in [1.165, 1.54) is 0 Å². The first-order valence-corrected chi connectivity index (χ1v) is 6.99. The van der Waals surface area contributed by atoms with Crippen molar-refractivity contribution in [1.82, 2.24) is 4.98 Å². The van der Waals surface area contributed by atoms with E-state index in [2.05, 4.69) is 38.1 Å². The van der Waals surface area contributed by atoms with Crippen LogP contribution < -0.4 is 5.73 Å². The van der Waals surface area contributed by atoms with E-state index in [0.29, 0.717) is 0 Å². The van der Waals surface area contributed by atoms with Crippen LogP contribution >= 0.6 is 11.3 Å². The number of nitrogens with zero attached hydrogens (tertiary/aromatic N) is 1. The van der Waals surface area contributed by atoms with Crippen LogP contribution in [0.25, 0.3) is 0 Å². The van der Waals surface area contributed by atoms with Gasteiger partial charge in [0.05, 0.1) is 16.8 Å². The lowest BCUT2D eigenvalue weighted by molar-refractivity contribution is 0.0773. The zero-order valence-electron chi connectivity index (χ0n) is 11.5. The molecule has 0 saturated carbocycles. The van der Waals surface area contributed by atoms with Gasteiger partial charge in [0.2, 0.25) is 0 Å². The summed E-state index contributed by atoms with van der Waals surface area (Å²) in [4.78, 5) is 4.66. The van der Waals surface area contributed by atoms with Gasteiger partial charge in [0.25, 0.3) is 0 Å². The van der Waals surface area contributed by atoms with Gasteiger partial charge in [-0.05, 0) is 6.42 Å². The van der Waals surface area contributed by atoms with E-state index in [0.717, 1.165) is 23.5 Å². The summed E-state index contributed by atoms with van der Waals surface area (Å²) in [5.74, 6) is 0. The molecule has 4 heteroatoms. The van der Waals surface area contributed by atoms with Crippen LogP contribution in [-0.2, 0) is 16.6 Å². The molecule has 0 fully saturated rings. The molecule has 1 aromatic heterocycles. The Balaban J connectivity index is 2.66. The van der Waals surface area contributed by atoms with E-state index in [1.807, 2.05) is 0 Å². The summed E-state index contributed by atoms with van der Waals surface area (Å²) in [6, 6.07) is 0.0315. The zero-order chi connectivity index (χ0) is 13.1. The quantitative estimate of drug-likeness (QED) is 0.881. The predicted molar refractivity (Wildman–Crippen MR) is 73.6 cm³/mol. The molecular formula is C13H24N2OS. The number of hydrogen-bond acceptors (Lipinski definition) is 4. The minimum atomic E-state index is 0.0315. The fraction of sp³-hybridized carbons (Fsp3) is 0.769. The van der Waals surface area contributed by atoms with Crippen LogP contribution in [0.1, 0.15) is 44.8 Å². The highest BCUT2D eigenvalue weighted by atomic mass is 32.1. The number of thiazole rings is 1. The molecular weight excluding hydrogens is 232 g/mol. The lowest BCUT2D eigenvalue weighted by Gasteiger charge is -2.20. The summed E-state index contributed by atoms with van der Waals surface area (Å²) in [6.45, 7) is 8.62. The number of hydrogen-bond donors (Lipinski definition) is 1. The van der Waals surface area contributed by atoms with Crippen LogP contribution in [0.15, 0.2) is 5.38 Å². The smallest absolute Gasteiger partial charge is 0.0944 e. The second-order valence-electron chi connectivity index (χ2n) is 5.43. The van der Waals surface area contributed by atoms with E-state index < -0.39 is 0 Å². The Hall–Kier alpha value is -0.450. The van der Waals surface area contributed by atoms with Gasteiger partial charge in [-0.15, -0.1) is 11.3 Å². The van der Waals surface area contributed by atoms with E-state index in [1.54, 1.807) is 18.4 Å². The largest absolute Gasteiger partial charge is 0.380 e. The topological polar surface area (TPSA) is 48.1 Å². The Labute approximate surface area is 108 Å². The average Bonchev–Trinajstić information content (AvgIpc) is 2.67. The fourth-order valence-electron chi connectivity index (χ4n) is 1.73. The summed E-state index contributed by atoms with van der Waals surface area (Å²) >= 11 is 1.70. The molecule has 0 spiro atoms. The molecule has 1 heterocycles. The second-order valence-corrected chi connectivity index (χ2v) is 6.37. The molecule has 0 radical (unpaired) electrons. The highest BCUT2D eigenvalue weighted by Crippen LogP contribution is 2.24. The highest BCUT2D eigenvalue weighted by molar-refractivity contribution is 7.09. The number of ether oxygens (including phenoxy) is 1. The molecule has 0 aliphatic rings. The summed E-state index contributed by atoms with van der Waals surface area (Å²) in [5.41, 5.74) is 7.39. The SMILES string of the molecule is CCC(OC)C(N)Cc1nc(C(C)(C)C)cs1. The van der Waals surface area contributed by atoms with Crippen LogP contribution in [0.4, 0.5) is 0 Å². The summed E-state index contributed by atoms with van der Waals surface area (Å²) < 4.78 is 5.36. The van der Waals surface area contributed by atoms with Gasteiger partial charge in [-0.3, -0.25) is 0 Å². The van der Waals surface area contributed by atoms with Crippen molar-refractivity contribution in [1.29, 1.82) is 0 Å². The lowest BCUT2D eigenvalue weighted by Crippen LogP contribution is -2.37. The number of methoxy groups -OCH3 is 1. The third-order valence-electron chi connectivity index (χ3n) is 2.91. The molecule has 0 aliphatic heterocycles. The van der Waals surface area contributed by atoms with Gasteiger partial charge in [-0.1, -0.05) is 27.7 Å². The van der Waals surface area contributed by atoms with E-state index in [9.17, 15) is 0 Å². The Morgan fingerprint density at radius 3 is 2.53 bits per heavy atom. The first kappa shape index (κ1) is 14.6. The fourth-order valence-corrected chi connectivity index (χ4v) is 2.82. The van der Waals surface area contributed by atoms with Gasteiger partial charge >= 0.3 is 0 Å². The molecule has 3 nitrogen and oxygen atoms in total. The first-order valence-electron chi connectivity index (χ1n) is 6.11. The van der Waals surface area contributed by atoms with Gasteiger partial charge in [-0.25, -0.2) is 4.98 Å². The molecule has 2 N–H and O–H groups in total. The Kier molecular flexibility index (Phi) is 5.10. The van der Waals surface area contributed by atoms with E-state index >= 15 is 0 Å². The Morgan fingerprint density at radius 2 is 2.12 bits per heavy atom. The van der Waals surface area contributed by atoms with Gasteiger partial charge < -0.3 is 10.5 Å². The van der Waals surface area contributed by atoms with E-state index in [-0.39, 0.29) is 17.6 Å². The molecule has 2 atom stereocenters. The molecule has 1 rings (SSSR count). The maximum Gasteiger partial charge on any atom is 0.0944 e. The average molecular weight is 256 g/mol. The minimum absolute atomic E-state index is 0.0315. The second kappa shape index (κ2) is 5.94. The molecule has 1 aromatic rings. The molecule has 0 aliphatic carbocycles. The first-order chi connectivity index (χ1) is 7.88. The normalized spacial score (nSPS) is 15.9. The molecule has 0 bridgehead atoms. The van der Waals surface area contributed by atoms with Crippen molar-refractivity contribution in [3.05, 3.63) is 16.1 Å². The Bertz CT molecular complexity index is 339. The van der Waals surface area contributed by atoms with Crippen LogP contribution in [0.2, 0.25) is 0 Å². The van der Waals surface area contributed by atoms with Crippen LogP contribution in [0, 0.1) is 0 Å². The van der Waals surface area contributed by atoms with Gasteiger partial charge in [-0.2, -0.15) is 0 Å². The number of nitrogens with two attached hydrogens (primary N) is 1.